The first-order valence-electron chi connectivity index (χ1n) is 9.13. The summed E-state index contributed by atoms with van der Waals surface area (Å²) in [6, 6.07) is 34.1. The monoisotopic (exact) mass is 382 g/mol. The summed E-state index contributed by atoms with van der Waals surface area (Å²) < 4.78 is 5.82. The molecule has 0 heterocycles. The van der Waals surface area contributed by atoms with Crippen LogP contribution in [0.25, 0.3) is 0 Å². The molecular formula is C24H18N2O3. The molecule has 0 aromatic heterocycles. The van der Waals surface area contributed by atoms with Crippen molar-refractivity contribution in [3.05, 3.63) is 119 Å². The number of rotatable bonds is 6. The fourth-order valence-electron chi connectivity index (χ4n) is 3.04. The van der Waals surface area contributed by atoms with Gasteiger partial charge in [0.15, 0.2) is 0 Å². The summed E-state index contributed by atoms with van der Waals surface area (Å²) in [4.78, 5) is 12.5. The van der Waals surface area contributed by atoms with Crippen molar-refractivity contribution in [2.45, 2.75) is 0 Å². The van der Waals surface area contributed by atoms with Crippen LogP contribution in [0, 0.1) is 10.1 Å². The lowest BCUT2D eigenvalue weighted by atomic mass is 10.2. The number of nitro groups is 1. The molecule has 0 unspecified atom stereocenters. The summed E-state index contributed by atoms with van der Waals surface area (Å²) >= 11 is 0. The Balaban J connectivity index is 1.60. The molecule has 4 rings (SSSR count). The van der Waals surface area contributed by atoms with Gasteiger partial charge in [-0.25, -0.2) is 0 Å². The molecule has 0 aliphatic carbocycles. The van der Waals surface area contributed by atoms with Crippen LogP contribution in [0.3, 0.4) is 0 Å². The molecule has 0 fully saturated rings. The molecule has 0 N–H and O–H groups in total. The Morgan fingerprint density at radius 2 is 1.00 bits per heavy atom. The van der Waals surface area contributed by atoms with E-state index in [1.165, 1.54) is 12.1 Å². The second kappa shape index (κ2) is 8.27. The lowest BCUT2D eigenvalue weighted by Gasteiger charge is -2.25. The number of hydrogen-bond acceptors (Lipinski definition) is 4. The second-order valence-electron chi connectivity index (χ2n) is 6.35. The fraction of sp³-hybridized carbons (Fsp3) is 0. The number of nitrogens with zero attached hydrogens (tertiary/aromatic N) is 2. The second-order valence-corrected chi connectivity index (χ2v) is 6.35. The molecule has 5 heteroatoms. The highest BCUT2D eigenvalue weighted by Crippen LogP contribution is 2.35. The first-order valence-corrected chi connectivity index (χ1v) is 9.13. The molecule has 0 amide bonds. The maximum atomic E-state index is 10.8. The largest absolute Gasteiger partial charge is 0.457 e. The van der Waals surface area contributed by atoms with E-state index in [1.54, 1.807) is 12.1 Å². The highest BCUT2D eigenvalue weighted by molar-refractivity contribution is 5.76. The molecule has 0 radical (unpaired) electrons. The van der Waals surface area contributed by atoms with Gasteiger partial charge < -0.3 is 9.64 Å². The highest BCUT2D eigenvalue weighted by Gasteiger charge is 2.12. The van der Waals surface area contributed by atoms with E-state index in [9.17, 15) is 10.1 Å². The van der Waals surface area contributed by atoms with Gasteiger partial charge in [0, 0.05) is 29.2 Å². The quantitative estimate of drug-likeness (QED) is 0.270. The summed E-state index contributed by atoms with van der Waals surface area (Å²) in [5, 5.41) is 10.8. The lowest BCUT2D eigenvalue weighted by molar-refractivity contribution is -0.384. The van der Waals surface area contributed by atoms with Crippen molar-refractivity contribution >= 4 is 22.7 Å². The number of anilines is 3. The van der Waals surface area contributed by atoms with Crippen molar-refractivity contribution in [1.82, 2.24) is 0 Å². The number of hydrogen-bond donors (Lipinski definition) is 0. The molecule has 4 aromatic carbocycles. The van der Waals surface area contributed by atoms with Gasteiger partial charge in [0.25, 0.3) is 5.69 Å². The minimum Gasteiger partial charge on any atom is -0.457 e. The van der Waals surface area contributed by atoms with Crippen LogP contribution in [-0.4, -0.2) is 4.92 Å². The Morgan fingerprint density at radius 3 is 1.45 bits per heavy atom. The normalized spacial score (nSPS) is 10.3. The number of ether oxygens (including phenoxy) is 1. The van der Waals surface area contributed by atoms with Gasteiger partial charge in [0.2, 0.25) is 0 Å². The van der Waals surface area contributed by atoms with Crippen LogP contribution in [0.1, 0.15) is 0 Å². The summed E-state index contributed by atoms with van der Waals surface area (Å²) in [5.41, 5.74) is 3.15. The fourth-order valence-corrected chi connectivity index (χ4v) is 3.04. The third-order valence-electron chi connectivity index (χ3n) is 4.41. The van der Waals surface area contributed by atoms with Gasteiger partial charge in [-0.05, 0) is 60.7 Å². The molecule has 4 aromatic rings. The zero-order chi connectivity index (χ0) is 20.1. The van der Waals surface area contributed by atoms with E-state index in [4.69, 9.17) is 4.74 Å². The zero-order valence-electron chi connectivity index (χ0n) is 15.5. The third kappa shape index (κ3) is 4.25. The number of non-ortho nitro benzene ring substituents is 1. The standard InChI is InChI=1S/C24H18N2O3/c27-26(28)22-13-17-24(18-14-22)29-23-15-11-21(12-16-23)25(19-7-3-1-4-8-19)20-9-5-2-6-10-20/h1-18H. The topological polar surface area (TPSA) is 55.6 Å². The highest BCUT2D eigenvalue weighted by atomic mass is 16.6. The SMILES string of the molecule is O=[N+]([O-])c1ccc(Oc2ccc(N(c3ccccc3)c3ccccc3)cc2)cc1. The molecule has 29 heavy (non-hydrogen) atoms. The van der Waals surface area contributed by atoms with Crippen molar-refractivity contribution < 1.29 is 9.66 Å². The molecule has 0 atom stereocenters. The van der Waals surface area contributed by atoms with Gasteiger partial charge in [-0.15, -0.1) is 0 Å². The maximum Gasteiger partial charge on any atom is 0.269 e. The number of para-hydroxylation sites is 2. The van der Waals surface area contributed by atoms with Crippen molar-refractivity contribution in [3.8, 4) is 11.5 Å². The Morgan fingerprint density at radius 1 is 0.586 bits per heavy atom. The van der Waals surface area contributed by atoms with E-state index < -0.39 is 4.92 Å². The minimum atomic E-state index is -0.430. The summed E-state index contributed by atoms with van der Waals surface area (Å²) in [6.07, 6.45) is 0. The molecule has 142 valence electrons. The average Bonchev–Trinajstić information content (AvgIpc) is 2.77. The average molecular weight is 382 g/mol. The molecule has 0 saturated heterocycles. The van der Waals surface area contributed by atoms with Gasteiger partial charge in [-0.1, -0.05) is 36.4 Å². The van der Waals surface area contributed by atoms with E-state index in [0.717, 1.165) is 17.1 Å². The Labute approximate surface area is 168 Å². The molecule has 0 saturated carbocycles. The Kier molecular flexibility index (Phi) is 5.21. The Bertz CT molecular complexity index is 1040. The van der Waals surface area contributed by atoms with Crippen molar-refractivity contribution in [2.24, 2.45) is 0 Å². The first kappa shape index (κ1) is 18.3. The van der Waals surface area contributed by atoms with Crippen LogP contribution >= 0.6 is 0 Å². The summed E-state index contributed by atoms with van der Waals surface area (Å²) in [5.74, 6) is 1.20. The first-order chi connectivity index (χ1) is 14.2. The van der Waals surface area contributed by atoms with E-state index in [0.29, 0.717) is 11.5 Å². The molecule has 0 aliphatic heterocycles. The van der Waals surface area contributed by atoms with E-state index >= 15 is 0 Å². The molecular weight excluding hydrogens is 364 g/mol. The molecule has 0 spiro atoms. The van der Waals surface area contributed by atoms with E-state index in [2.05, 4.69) is 29.2 Å². The minimum absolute atomic E-state index is 0.0362. The van der Waals surface area contributed by atoms with Gasteiger partial charge in [-0.2, -0.15) is 0 Å². The lowest BCUT2D eigenvalue weighted by Crippen LogP contribution is -2.09. The summed E-state index contributed by atoms with van der Waals surface area (Å²) in [6.45, 7) is 0. The predicted octanol–water partition coefficient (Wildman–Crippen LogP) is 6.86. The van der Waals surface area contributed by atoms with Crippen molar-refractivity contribution in [3.63, 3.8) is 0 Å². The smallest absolute Gasteiger partial charge is 0.269 e. The Hall–Kier alpha value is -4.12. The van der Waals surface area contributed by atoms with Crippen LogP contribution in [0.5, 0.6) is 11.5 Å². The number of benzene rings is 4. The zero-order valence-corrected chi connectivity index (χ0v) is 15.5. The molecule has 0 aliphatic rings. The van der Waals surface area contributed by atoms with Crippen LogP contribution < -0.4 is 9.64 Å². The maximum absolute atomic E-state index is 10.8. The van der Waals surface area contributed by atoms with Gasteiger partial charge >= 0.3 is 0 Å². The van der Waals surface area contributed by atoms with Crippen LogP contribution in [0.2, 0.25) is 0 Å². The van der Waals surface area contributed by atoms with Gasteiger partial charge in [0.05, 0.1) is 4.92 Å². The molecule has 5 nitrogen and oxygen atoms in total. The van der Waals surface area contributed by atoms with Gasteiger partial charge in [0.1, 0.15) is 11.5 Å². The van der Waals surface area contributed by atoms with E-state index in [1.807, 2.05) is 60.7 Å². The van der Waals surface area contributed by atoms with Crippen LogP contribution in [-0.2, 0) is 0 Å². The summed E-state index contributed by atoms with van der Waals surface area (Å²) in [7, 11) is 0. The van der Waals surface area contributed by atoms with Crippen LogP contribution in [0.15, 0.2) is 109 Å². The third-order valence-corrected chi connectivity index (χ3v) is 4.41. The van der Waals surface area contributed by atoms with E-state index in [-0.39, 0.29) is 5.69 Å². The molecule has 0 bridgehead atoms. The predicted molar refractivity (Wildman–Crippen MR) is 114 cm³/mol. The number of nitro benzene ring substituents is 1. The van der Waals surface area contributed by atoms with Crippen LogP contribution in [0.4, 0.5) is 22.7 Å². The van der Waals surface area contributed by atoms with Crippen molar-refractivity contribution in [1.29, 1.82) is 0 Å². The van der Waals surface area contributed by atoms with Crippen molar-refractivity contribution in [2.75, 3.05) is 4.90 Å². The van der Waals surface area contributed by atoms with Gasteiger partial charge in [-0.3, -0.25) is 10.1 Å².